The molecule has 4 aliphatic rings. The summed E-state index contributed by atoms with van der Waals surface area (Å²) in [5.41, 5.74) is 5.24. The Morgan fingerprint density at radius 3 is 1.50 bits per heavy atom. The van der Waals surface area contributed by atoms with Crippen molar-refractivity contribution in [3.05, 3.63) is 57.6 Å². The lowest BCUT2D eigenvalue weighted by atomic mass is 9.92. The summed E-state index contributed by atoms with van der Waals surface area (Å²) >= 11 is 12.1. The van der Waals surface area contributed by atoms with Crippen LogP contribution in [0.2, 0.25) is 10.0 Å². The van der Waals surface area contributed by atoms with Gasteiger partial charge < -0.3 is 30.6 Å². The van der Waals surface area contributed by atoms with E-state index in [1.165, 1.54) is 34.2 Å². The number of aliphatic carboxylic acids is 2. The molecule has 0 aromatic heterocycles. The fraction of sp³-hybridized carbons (Fsp3) is 0.429. The van der Waals surface area contributed by atoms with E-state index in [0.29, 0.717) is 11.8 Å². The Morgan fingerprint density at radius 2 is 1.18 bits per heavy atom. The van der Waals surface area contributed by atoms with E-state index in [1.54, 1.807) is 0 Å². The number of amidine groups is 2. The summed E-state index contributed by atoms with van der Waals surface area (Å²) in [6.45, 7) is 5.84. The minimum Gasteiger partial charge on any atom is -0.473 e. The lowest BCUT2D eigenvalue weighted by molar-refractivity contribution is -0.159. The molecule has 0 aliphatic carbocycles. The molecule has 4 N–H and O–H groups in total. The van der Waals surface area contributed by atoms with Gasteiger partial charge in [0.05, 0.1) is 13.1 Å². The van der Waals surface area contributed by atoms with Gasteiger partial charge in [-0.05, 0) is 48.2 Å². The van der Waals surface area contributed by atoms with Crippen molar-refractivity contribution in [1.29, 1.82) is 0 Å². The number of carbonyl (C=O) groups is 2. The minimum absolute atomic E-state index is 0.496. The molecule has 0 spiro atoms. The molecular formula is C28H34Cl2N6O4. The van der Waals surface area contributed by atoms with Crippen LogP contribution in [0.25, 0.3) is 0 Å². The number of nitrogens with zero attached hydrogens (tertiary/aromatic N) is 4. The van der Waals surface area contributed by atoms with Gasteiger partial charge in [0.2, 0.25) is 0 Å². The molecule has 40 heavy (non-hydrogen) atoms. The monoisotopic (exact) mass is 588 g/mol. The molecule has 214 valence electrons. The van der Waals surface area contributed by atoms with Gasteiger partial charge >= 0.3 is 11.9 Å². The fourth-order valence-corrected chi connectivity index (χ4v) is 5.73. The third-order valence-electron chi connectivity index (χ3n) is 7.19. The van der Waals surface area contributed by atoms with Gasteiger partial charge in [-0.1, -0.05) is 35.3 Å². The number of benzene rings is 2. The smallest absolute Gasteiger partial charge is 0.414 e. The first-order valence-corrected chi connectivity index (χ1v) is 13.9. The number of carboxylic acid groups (broad SMARTS) is 2. The van der Waals surface area contributed by atoms with Crippen molar-refractivity contribution in [2.24, 2.45) is 21.8 Å². The molecule has 4 aliphatic heterocycles. The van der Waals surface area contributed by atoms with E-state index in [9.17, 15) is 0 Å². The third kappa shape index (κ3) is 7.37. The van der Waals surface area contributed by atoms with E-state index in [-0.39, 0.29) is 0 Å². The maximum atomic E-state index is 9.10. The standard InChI is InChI=1S/2C13H16ClN3.C2H2O4/c2*1-17-8-10(13-15-4-5-16-13)6-9-2-3-11(14)7-12(9)17;3-1(4)2(5)6/h2*2-3,7,10H,4-6,8H2,1H3,(H,15,16);(H,3,4)(H,5,6). The molecule has 0 bridgehead atoms. The molecule has 0 saturated carbocycles. The summed E-state index contributed by atoms with van der Waals surface area (Å²) < 4.78 is 0. The zero-order valence-corrected chi connectivity index (χ0v) is 24.0. The molecule has 6 rings (SSSR count). The number of rotatable bonds is 2. The zero-order chi connectivity index (χ0) is 28.8. The summed E-state index contributed by atoms with van der Waals surface area (Å²) in [4.78, 5) is 31.8. The number of fused-ring (bicyclic) bond motifs is 2. The van der Waals surface area contributed by atoms with E-state index in [1.807, 2.05) is 12.1 Å². The highest BCUT2D eigenvalue weighted by molar-refractivity contribution is 6.31. The molecule has 12 heteroatoms. The Morgan fingerprint density at radius 1 is 0.775 bits per heavy atom. The first-order chi connectivity index (χ1) is 19.1. The van der Waals surface area contributed by atoms with Crippen molar-refractivity contribution in [3.63, 3.8) is 0 Å². The van der Waals surface area contributed by atoms with Gasteiger partial charge in [-0.3, -0.25) is 9.98 Å². The number of hydrogen-bond acceptors (Lipinski definition) is 8. The molecule has 4 heterocycles. The van der Waals surface area contributed by atoms with Gasteiger partial charge in [-0.15, -0.1) is 0 Å². The Bertz CT molecular complexity index is 1220. The summed E-state index contributed by atoms with van der Waals surface area (Å²) in [6, 6.07) is 12.3. The largest absolute Gasteiger partial charge is 0.473 e. The van der Waals surface area contributed by atoms with E-state index in [4.69, 9.17) is 43.0 Å². The van der Waals surface area contributed by atoms with Crippen LogP contribution < -0.4 is 20.4 Å². The van der Waals surface area contributed by atoms with Crippen LogP contribution in [0.1, 0.15) is 11.1 Å². The number of aliphatic imine (C=N–C) groups is 2. The molecule has 2 aromatic rings. The van der Waals surface area contributed by atoms with Crippen LogP contribution in [0.15, 0.2) is 46.4 Å². The molecule has 2 aromatic carbocycles. The predicted molar refractivity (Wildman–Crippen MR) is 160 cm³/mol. The number of carboxylic acids is 2. The summed E-state index contributed by atoms with van der Waals surface area (Å²) in [7, 11) is 4.24. The van der Waals surface area contributed by atoms with E-state index < -0.39 is 11.9 Å². The molecule has 10 nitrogen and oxygen atoms in total. The average Bonchev–Trinajstić information content (AvgIpc) is 3.65. The van der Waals surface area contributed by atoms with Gasteiger partial charge in [-0.25, -0.2) is 9.59 Å². The molecule has 0 fully saturated rings. The molecule has 0 saturated heterocycles. The van der Waals surface area contributed by atoms with Crippen molar-refractivity contribution in [3.8, 4) is 0 Å². The second-order valence-corrected chi connectivity index (χ2v) is 11.0. The quantitative estimate of drug-likeness (QED) is 0.394. The topological polar surface area (TPSA) is 130 Å². The highest BCUT2D eigenvalue weighted by Crippen LogP contribution is 2.32. The number of hydrogen-bond donors (Lipinski definition) is 4. The van der Waals surface area contributed by atoms with Crippen LogP contribution in [0.4, 0.5) is 11.4 Å². The highest BCUT2D eigenvalue weighted by Gasteiger charge is 2.28. The van der Waals surface area contributed by atoms with Gasteiger partial charge in [0.15, 0.2) is 0 Å². The number of anilines is 2. The maximum Gasteiger partial charge on any atom is 0.414 e. The van der Waals surface area contributed by atoms with Gasteiger partial charge in [-0.2, -0.15) is 0 Å². The Hall–Kier alpha value is -3.50. The van der Waals surface area contributed by atoms with Crippen LogP contribution in [0.5, 0.6) is 0 Å². The van der Waals surface area contributed by atoms with E-state index in [2.05, 4.69) is 68.8 Å². The van der Waals surface area contributed by atoms with Gasteiger partial charge in [0.25, 0.3) is 0 Å². The summed E-state index contributed by atoms with van der Waals surface area (Å²) in [5.74, 6) is -0.299. The van der Waals surface area contributed by atoms with Crippen molar-refractivity contribution in [1.82, 2.24) is 10.6 Å². The van der Waals surface area contributed by atoms with Crippen molar-refractivity contribution in [2.75, 3.05) is 63.2 Å². The minimum atomic E-state index is -1.82. The molecule has 0 radical (unpaired) electrons. The molecule has 0 amide bonds. The molecule has 2 unspecified atom stereocenters. The lowest BCUT2D eigenvalue weighted by Crippen LogP contribution is -2.40. The van der Waals surface area contributed by atoms with Crippen LogP contribution >= 0.6 is 23.2 Å². The van der Waals surface area contributed by atoms with Crippen molar-refractivity contribution in [2.45, 2.75) is 12.8 Å². The van der Waals surface area contributed by atoms with E-state index >= 15 is 0 Å². The van der Waals surface area contributed by atoms with Gasteiger partial charge in [0.1, 0.15) is 11.7 Å². The zero-order valence-electron chi connectivity index (χ0n) is 22.5. The fourth-order valence-electron chi connectivity index (χ4n) is 5.39. The summed E-state index contributed by atoms with van der Waals surface area (Å²) in [6.07, 6.45) is 2.12. The van der Waals surface area contributed by atoms with Crippen LogP contribution in [-0.4, -0.2) is 87.2 Å². The van der Waals surface area contributed by atoms with Crippen LogP contribution in [-0.2, 0) is 22.4 Å². The SMILES string of the molecule is CN1CC(C2=NCCN2)Cc2ccc(Cl)cc21.CN1CC(C2=NCCN2)Cc2ccc(Cl)cc21.O=C(O)C(=O)O. The second kappa shape index (κ2) is 13.2. The van der Waals surface area contributed by atoms with Crippen molar-refractivity contribution >= 4 is 58.2 Å². The highest BCUT2D eigenvalue weighted by atomic mass is 35.5. The average molecular weight is 590 g/mol. The number of nitrogens with one attached hydrogen (secondary N) is 2. The Labute approximate surface area is 243 Å². The normalized spacial score (nSPS) is 20.7. The number of halogens is 2. The summed E-state index contributed by atoms with van der Waals surface area (Å²) in [5, 5.41) is 23.2. The van der Waals surface area contributed by atoms with Crippen LogP contribution in [0, 0.1) is 11.8 Å². The maximum absolute atomic E-state index is 9.10. The molecule has 2 atom stereocenters. The third-order valence-corrected chi connectivity index (χ3v) is 7.66. The van der Waals surface area contributed by atoms with Crippen LogP contribution in [0.3, 0.4) is 0 Å². The second-order valence-electron chi connectivity index (χ2n) is 10.1. The first-order valence-electron chi connectivity index (χ1n) is 13.1. The van der Waals surface area contributed by atoms with Gasteiger partial charge in [0, 0.05) is 73.5 Å². The predicted octanol–water partition coefficient (Wildman–Crippen LogP) is 3.06. The first kappa shape index (κ1) is 29.5. The molecular weight excluding hydrogens is 555 g/mol. The Balaban J connectivity index is 0.000000155. The van der Waals surface area contributed by atoms with E-state index in [0.717, 1.165) is 62.2 Å². The Kier molecular flexibility index (Phi) is 9.76. The lowest BCUT2D eigenvalue weighted by Gasteiger charge is -2.33. The van der Waals surface area contributed by atoms with Crippen molar-refractivity contribution < 1.29 is 19.8 Å².